The molecule has 2 N–H and O–H groups in total. The number of H-pyrrole nitrogens is 2. The smallest absolute Gasteiger partial charge is 0.256 e. The molecule has 1 aliphatic heterocycles. The maximum absolute atomic E-state index is 13.3. The topological polar surface area (TPSA) is 77.2 Å². The minimum Gasteiger partial charge on any atom is -0.368 e. The van der Waals surface area contributed by atoms with Crippen molar-refractivity contribution < 1.29 is 9.53 Å². The number of benzene rings is 1. The highest BCUT2D eigenvalue weighted by molar-refractivity contribution is 5.99. The Bertz CT molecular complexity index is 1170. The first kappa shape index (κ1) is 23.1. The predicted octanol–water partition coefficient (Wildman–Crippen LogP) is 4.54. The van der Waals surface area contributed by atoms with Crippen molar-refractivity contribution in [1.29, 1.82) is 0 Å². The van der Waals surface area contributed by atoms with Gasteiger partial charge >= 0.3 is 0 Å². The van der Waals surface area contributed by atoms with Crippen LogP contribution in [0.2, 0.25) is 0 Å². The van der Waals surface area contributed by atoms with Crippen LogP contribution in [0.1, 0.15) is 50.8 Å². The van der Waals surface area contributed by atoms with E-state index in [4.69, 9.17) is 4.74 Å². The molecule has 182 valence electrons. The lowest BCUT2D eigenvalue weighted by atomic mass is 9.76. The number of hydrogen-bond donors (Lipinski definition) is 2. The molecule has 1 unspecified atom stereocenters. The van der Waals surface area contributed by atoms with E-state index in [2.05, 4.69) is 72.3 Å². The molecule has 1 atom stereocenters. The van der Waals surface area contributed by atoms with Crippen molar-refractivity contribution >= 4 is 22.5 Å². The molecule has 1 aliphatic carbocycles. The number of carbonyl (C=O) groups is 1. The van der Waals surface area contributed by atoms with E-state index in [0.717, 1.165) is 66.6 Å². The molecule has 0 radical (unpaired) electrons. The van der Waals surface area contributed by atoms with Crippen LogP contribution in [-0.2, 0) is 22.4 Å². The van der Waals surface area contributed by atoms with Gasteiger partial charge in [-0.3, -0.25) is 9.89 Å². The van der Waals surface area contributed by atoms with E-state index in [1.165, 1.54) is 17.7 Å². The van der Waals surface area contributed by atoms with Gasteiger partial charge in [-0.05, 0) is 82.8 Å². The highest BCUT2D eigenvalue weighted by Crippen LogP contribution is 2.38. The first-order chi connectivity index (χ1) is 16.3. The summed E-state index contributed by atoms with van der Waals surface area (Å²) in [6.07, 6.45) is 5.59. The van der Waals surface area contributed by atoms with E-state index in [1.807, 2.05) is 4.90 Å². The fraction of sp³-hybridized carbons (Fsp3) is 0.556. The molecule has 0 saturated carbocycles. The number of ether oxygens (including phenoxy) is 1. The van der Waals surface area contributed by atoms with E-state index in [-0.39, 0.29) is 12.0 Å². The Morgan fingerprint density at radius 3 is 2.85 bits per heavy atom. The van der Waals surface area contributed by atoms with Gasteiger partial charge in [0.15, 0.2) is 0 Å². The van der Waals surface area contributed by atoms with Crippen LogP contribution in [0.5, 0.6) is 0 Å². The molecule has 3 aromatic rings. The van der Waals surface area contributed by atoms with Crippen LogP contribution in [0, 0.1) is 5.41 Å². The Morgan fingerprint density at radius 1 is 1.24 bits per heavy atom. The second kappa shape index (κ2) is 9.19. The lowest BCUT2D eigenvalue weighted by Gasteiger charge is -2.28. The summed E-state index contributed by atoms with van der Waals surface area (Å²) in [7, 11) is 4.13. The van der Waals surface area contributed by atoms with Gasteiger partial charge in [-0.25, -0.2) is 0 Å². The molecule has 3 heterocycles. The van der Waals surface area contributed by atoms with Crippen LogP contribution in [-0.4, -0.2) is 65.9 Å². The Kier molecular flexibility index (Phi) is 6.25. The van der Waals surface area contributed by atoms with Crippen LogP contribution < -0.4 is 4.90 Å². The highest BCUT2D eigenvalue weighted by Gasteiger charge is 2.31. The summed E-state index contributed by atoms with van der Waals surface area (Å²) >= 11 is 0. The number of aromatic amines is 2. The number of fused-ring (bicyclic) bond motifs is 2. The zero-order chi connectivity index (χ0) is 23.9. The number of nitrogens with one attached hydrogen (secondary N) is 2. The minimum atomic E-state index is -0.325. The molecule has 5 rings (SSSR count). The molecule has 1 aromatic carbocycles. The van der Waals surface area contributed by atoms with Gasteiger partial charge in [-0.2, -0.15) is 5.10 Å². The van der Waals surface area contributed by atoms with Gasteiger partial charge < -0.3 is 19.5 Å². The highest BCUT2D eigenvalue weighted by atomic mass is 16.5. The molecule has 2 aromatic heterocycles. The van der Waals surface area contributed by atoms with Crippen LogP contribution in [0.3, 0.4) is 0 Å². The molecule has 1 saturated heterocycles. The van der Waals surface area contributed by atoms with Gasteiger partial charge in [-0.15, -0.1) is 0 Å². The number of anilines is 1. The van der Waals surface area contributed by atoms with E-state index in [0.29, 0.717) is 18.6 Å². The van der Waals surface area contributed by atoms with Crippen molar-refractivity contribution in [3.8, 4) is 11.4 Å². The molecular formula is C27H37N5O2. The Labute approximate surface area is 201 Å². The third-order valence-corrected chi connectivity index (χ3v) is 7.29. The summed E-state index contributed by atoms with van der Waals surface area (Å²) in [5.74, 6) is 0.0753. The van der Waals surface area contributed by atoms with E-state index >= 15 is 0 Å². The number of carbonyl (C=O) groups excluding carboxylic acids is 1. The van der Waals surface area contributed by atoms with Gasteiger partial charge in [0.25, 0.3) is 5.91 Å². The second-order valence-electron chi connectivity index (χ2n) is 11.0. The van der Waals surface area contributed by atoms with Crippen molar-refractivity contribution in [2.24, 2.45) is 5.41 Å². The number of hydrogen-bond acceptors (Lipinski definition) is 4. The summed E-state index contributed by atoms with van der Waals surface area (Å²) in [5.41, 5.74) is 6.93. The predicted molar refractivity (Wildman–Crippen MR) is 136 cm³/mol. The first-order valence-corrected chi connectivity index (χ1v) is 12.6. The molecule has 34 heavy (non-hydrogen) atoms. The van der Waals surface area contributed by atoms with Crippen LogP contribution in [0.4, 0.5) is 5.69 Å². The minimum absolute atomic E-state index is 0.0753. The fourth-order valence-corrected chi connectivity index (χ4v) is 5.34. The summed E-state index contributed by atoms with van der Waals surface area (Å²) in [4.78, 5) is 21.0. The molecule has 7 heteroatoms. The van der Waals surface area contributed by atoms with Crippen molar-refractivity contribution in [2.75, 3.05) is 38.7 Å². The molecular weight excluding hydrogens is 426 g/mol. The van der Waals surface area contributed by atoms with E-state index in [1.54, 1.807) is 0 Å². The van der Waals surface area contributed by atoms with E-state index in [9.17, 15) is 4.79 Å². The van der Waals surface area contributed by atoms with E-state index < -0.39 is 0 Å². The van der Waals surface area contributed by atoms with Crippen LogP contribution in [0.25, 0.3) is 22.3 Å². The number of aromatic nitrogens is 3. The summed E-state index contributed by atoms with van der Waals surface area (Å²) in [6, 6.07) is 8.44. The zero-order valence-electron chi connectivity index (χ0n) is 20.9. The van der Waals surface area contributed by atoms with Crippen molar-refractivity contribution in [3.05, 3.63) is 35.5 Å². The molecule has 2 aliphatic rings. The average Bonchev–Trinajstić information content (AvgIpc) is 3.53. The molecule has 0 spiro atoms. The first-order valence-electron chi connectivity index (χ1n) is 12.6. The maximum atomic E-state index is 13.3. The Hall–Kier alpha value is -2.64. The quantitative estimate of drug-likeness (QED) is 0.539. The van der Waals surface area contributed by atoms with Crippen LogP contribution in [0.15, 0.2) is 24.3 Å². The Morgan fingerprint density at radius 2 is 2.09 bits per heavy atom. The van der Waals surface area contributed by atoms with Gasteiger partial charge in [0.05, 0.1) is 5.69 Å². The second-order valence-corrected chi connectivity index (χ2v) is 11.0. The molecule has 1 fully saturated rings. The standard InChI is InChI=1S/C27H37N5O2/c1-27(2)11-10-20-23(17-27)29-30-25(20)22-15-18-8-9-19(16-21(18)28-22)32(13-6-12-31(3)4)26(33)24-7-5-14-34-24/h8-9,15-16,24,28H,5-7,10-14,17H2,1-4H3,(H,29,30). The summed E-state index contributed by atoms with van der Waals surface area (Å²) in [6.45, 7) is 6.93. The number of amides is 1. The third-order valence-electron chi connectivity index (χ3n) is 7.29. The number of nitrogens with zero attached hydrogens (tertiary/aromatic N) is 3. The molecule has 0 bridgehead atoms. The average molecular weight is 464 g/mol. The number of rotatable bonds is 7. The molecule has 1 amide bonds. The van der Waals surface area contributed by atoms with Gasteiger partial charge in [0, 0.05) is 41.0 Å². The maximum Gasteiger partial charge on any atom is 0.256 e. The largest absolute Gasteiger partial charge is 0.368 e. The van der Waals surface area contributed by atoms with Gasteiger partial charge in [0.2, 0.25) is 0 Å². The van der Waals surface area contributed by atoms with Crippen molar-refractivity contribution in [1.82, 2.24) is 20.1 Å². The third kappa shape index (κ3) is 4.64. The lowest BCUT2D eigenvalue weighted by molar-refractivity contribution is -0.127. The van der Waals surface area contributed by atoms with Gasteiger partial charge in [-0.1, -0.05) is 19.9 Å². The lowest BCUT2D eigenvalue weighted by Crippen LogP contribution is -2.40. The summed E-state index contributed by atoms with van der Waals surface area (Å²) < 4.78 is 5.73. The normalized spacial score (nSPS) is 19.6. The van der Waals surface area contributed by atoms with Gasteiger partial charge in [0.1, 0.15) is 11.8 Å². The fourth-order valence-electron chi connectivity index (χ4n) is 5.34. The zero-order valence-corrected chi connectivity index (χ0v) is 20.9. The summed E-state index contributed by atoms with van der Waals surface area (Å²) in [5, 5.41) is 9.10. The SMILES string of the molecule is CN(C)CCCN(C(=O)C1CCCO1)c1ccc2cc(-c3n[nH]c4c3CCC(C)(C)C4)[nH]c2c1. The van der Waals surface area contributed by atoms with Crippen LogP contribution >= 0.6 is 0 Å². The van der Waals surface area contributed by atoms with Crippen molar-refractivity contribution in [2.45, 2.75) is 58.5 Å². The molecule has 7 nitrogen and oxygen atoms in total. The Balaban J connectivity index is 1.43. The van der Waals surface area contributed by atoms with Crippen molar-refractivity contribution in [3.63, 3.8) is 0 Å². The monoisotopic (exact) mass is 463 g/mol.